The summed E-state index contributed by atoms with van der Waals surface area (Å²) in [5.74, 6) is 1.52. The Hall–Kier alpha value is -1.51. The molecule has 0 amide bonds. The van der Waals surface area contributed by atoms with Crippen LogP contribution in [-0.4, -0.2) is 17.5 Å². The first-order chi connectivity index (χ1) is 9.74. The molecule has 0 aliphatic carbocycles. The molecule has 0 bridgehead atoms. The molecule has 0 aliphatic heterocycles. The van der Waals surface area contributed by atoms with Crippen molar-refractivity contribution >= 4 is 5.71 Å². The summed E-state index contributed by atoms with van der Waals surface area (Å²) in [4.78, 5) is 0. The SMILES string of the molecule is CCCCC(CC)COc1ccc(C(CC)=NO)cc1. The standard InChI is InChI=1S/C17H27NO2/c1-4-7-8-14(5-2)13-20-16-11-9-15(10-12-16)17(6-3)18-19/h9-12,14,19H,4-8,13H2,1-3H3. The normalized spacial score (nSPS) is 13.2. The van der Waals surface area contributed by atoms with Gasteiger partial charge in [-0.1, -0.05) is 45.2 Å². The third-order valence-corrected chi connectivity index (χ3v) is 3.67. The van der Waals surface area contributed by atoms with Gasteiger partial charge in [-0.05, 0) is 48.6 Å². The zero-order chi connectivity index (χ0) is 14.8. The van der Waals surface area contributed by atoms with Gasteiger partial charge < -0.3 is 9.94 Å². The zero-order valence-corrected chi connectivity index (χ0v) is 12.9. The van der Waals surface area contributed by atoms with Crippen LogP contribution in [0.5, 0.6) is 5.75 Å². The minimum Gasteiger partial charge on any atom is -0.493 e. The van der Waals surface area contributed by atoms with E-state index in [0.29, 0.717) is 18.1 Å². The van der Waals surface area contributed by atoms with Crippen LogP contribution >= 0.6 is 0 Å². The van der Waals surface area contributed by atoms with Crippen molar-refractivity contribution in [2.45, 2.75) is 52.9 Å². The van der Waals surface area contributed by atoms with Crippen molar-refractivity contribution in [2.75, 3.05) is 6.61 Å². The highest BCUT2D eigenvalue weighted by atomic mass is 16.5. The highest BCUT2D eigenvalue weighted by Gasteiger charge is 2.07. The molecule has 0 fully saturated rings. The van der Waals surface area contributed by atoms with Gasteiger partial charge in [0.15, 0.2) is 0 Å². The summed E-state index contributed by atoms with van der Waals surface area (Å²) in [7, 11) is 0. The Bertz CT molecular complexity index is 398. The Balaban J connectivity index is 2.52. The fourth-order valence-corrected chi connectivity index (χ4v) is 2.19. The van der Waals surface area contributed by atoms with Crippen LogP contribution in [0.25, 0.3) is 0 Å². The molecule has 1 aromatic carbocycles. The summed E-state index contributed by atoms with van der Waals surface area (Å²) < 4.78 is 5.86. The van der Waals surface area contributed by atoms with E-state index in [1.165, 1.54) is 19.3 Å². The van der Waals surface area contributed by atoms with E-state index >= 15 is 0 Å². The summed E-state index contributed by atoms with van der Waals surface area (Å²) in [5, 5.41) is 12.2. The highest BCUT2D eigenvalue weighted by Crippen LogP contribution is 2.18. The van der Waals surface area contributed by atoms with Crippen molar-refractivity contribution in [1.82, 2.24) is 0 Å². The molecule has 0 radical (unpaired) electrons. The summed E-state index contributed by atoms with van der Waals surface area (Å²) in [6, 6.07) is 7.78. The highest BCUT2D eigenvalue weighted by molar-refractivity contribution is 6.00. The maximum absolute atomic E-state index is 8.90. The molecule has 1 rings (SSSR count). The Kier molecular flexibility index (Phi) is 7.78. The number of rotatable bonds is 9. The van der Waals surface area contributed by atoms with Crippen LogP contribution in [0, 0.1) is 5.92 Å². The van der Waals surface area contributed by atoms with Gasteiger partial charge in [-0.2, -0.15) is 0 Å². The number of nitrogens with zero attached hydrogens (tertiary/aromatic N) is 1. The van der Waals surface area contributed by atoms with Gasteiger partial charge in [0.1, 0.15) is 5.75 Å². The monoisotopic (exact) mass is 277 g/mol. The molecular weight excluding hydrogens is 250 g/mol. The summed E-state index contributed by atoms with van der Waals surface area (Å²) >= 11 is 0. The van der Waals surface area contributed by atoms with Crippen LogP contribution in [-0.2, 0) is 0 Å². The van der Waals surface area contributed by atoms with Crippen molar-refractivity contribution in [3.05, 3.63) is 29.8 Å². The minimum absolute atomic E-state index is 0.639. The van der Waals surface area contributed by atoms with Crippen molar-refractivity contribution in [3.63, 3.8) is 0 Å². The average Bonchev–Trinajstić information content (AvgIpc) is 2.50. The van der Waals surface area contributed by atoms with Crippen LogP contribution in [0.4, 0.5) is 0 Å². The Morgan fingerprint density at radius 1 is 1.20 bits per heavy atom. The predicted octanol–water partition coefficient (Wildman–Crippen LogP) is 4.87. The third-order valence-electron chi connectivity index (χ3n) is 3.67. The van der Waals surface area contributed by atoms with Crippen molar-refractivity contribution in [2.24, 2.45) is 11.1 Å². The number of oxime groups is 1. The molecular formula is C17H27NO2. The summed E-state index contributed by atoms with van der Waals surface area (Å²) in [6.45, 7) is 7.20. The lowest BCUT2D eigenvalue weighted by Crippen LogP contribution is -2.11. The molecule has 0 spiro atoms. The van der Waals surface area contributed by atoms with Gasteiger partial charge in [0.05, 0.1) is 12.3 Å². The molecule has 1 N–H and O–H groups in total. The van der Waals surface area contributed by atoms with Crippen molar-refractivity contribution in [1.29, 1.82) is 0 Å². The van der Waals surface area contributed by atoms with Gasteiger partial charge in [-0.15, -0.1) is 0 Å². The van der Waals surface area contributed by atoms with Crippen LogP contribution in [0.2, 0.25) is 0 Å². The molecule has 3 heteroatoms. The lowest BCUT2D eigenvalue weighted by Gasteiger charge is -2.15. The fraction of sp³-hybridized carbons (Fsp3) is 0.588. The Morgan fingerprint density at radius 2 is 1.90 bits per heavy atom. The van der Waals surface area contributed by atoms with Gasteiger partial charge in [0.25, 0.3) is 0 Å². The van der Waals surface area contributed by atoms with E-state index in [0.717, 1.165) is 24.3 Å². The smallest absolute Gasteiger partial charge is 0.119 e. The molecule has 112 valence electrons. The predicted molar refractivity (Wildman–Crippen MR) is 83.9 cm³/mol. The van der Waals surface area contributed by atoms with E-state index < -0.39 is 0 Å². The van der Waals surface area contributed by atoms with Crippen molar-refractivity contribution in [3.8, 4) is 5.75 Å². The van der Waals surface area contributed by atoms with Crippen LogP contribution in [0.15, 0.2) is 29.4 Å². The van der Waals surface area contributed by atoms with Gasteiger partial charge in [0, 0.05) is 0 Å². The topological polar surface area (TPSA) is 41.8 Å². The maximum atomic E-state index is 8.90. The van der Waals surface area contributed by atoms with E-state index in [-0.39, 0.29) is 0 Å². The number of hydrogen-bond acceptors (Lipinski definition) is 3. The van der Waals surface area contributed by atoms with Gasteiger partial charge in [-0.25, -0.2) is 0 Å². The summed E-state index contributed by atoms with van der Waals surface area (Å²) in [5.41, 5.74) is 1.64. The second kappa shape index (κ2) is 9.40. The van der Waals surface area contributed by atoms with E-state index in [9.17, 15) is 0 Å². The van der Waals surface area contributed by atoms with Crippen molar-refractivity contribution < 1.29 is 9.94 Å². The van der Waals surface area contributed by atoms with Crippen LogP contribution in [0.3, 0.4) is 0 Å². The molecule has 0 aliphatic rings. The molecule has 0 heterocycles. The molecule has 1 atom stereocenters. The van der Waals surface area contributed by atoms with Gasteiger partial charge in [-0.3, -0.25) is 0 Å². The van der Waals surface area contributed by atoms with E-state index in [1.807, 2.05) is 31.2 Å². The lowest BCUT2D eigenvalue weighted by atomic mass is 10.0. The Morgan fingerprint density at radius 3 is 2.40 bits per heavy atom. The molecule has 3 nitrogen and oxygen atoms in total. The van der Waals surface area contributed by atoms with E-state index in [2.05, 4.69) is 19.0 Å². The second-order valence-corrected chi connectivity index (χ2v) is 5.15. The second-order valence-electron chi connectivity index (χ2n) is 5.15. The quantitative estimate of drug-likeness (QED) is 0.397. The van der Waals surface area contributed by atoms with E-state index in [4.69, 9.17) is 9.94 Å². The largest absolute Gasteiger partial charge is 0.493 e. The zero-order valence-electron chi connectivity index (χ0n) is 12.9. The average molecular weight is 277 g/mol. The molecule has 0 saturated heterocycles. The lowest BCUT2D eigenvalue weighted by molar-refractivity contribution is 0.233. The molecule has 1 aromatic rings. The summed E-state index contributed by atoms with van der Waals surface area (Å²) in [6.07, 6.45) is 5.63. The number of benzene rings is 1. The Labute approximate surface area is 122 Å². The van der Waals surface area contributed by atoms with Crippen LogP contribution in [0.1, 0.15) is 58.4 Å². The number of unbranched alkanes of at least 4 members (excludes halogenated alkanes) is 1. The fourth-order valence-electron chi connectivity index (χ4n) is 2.19. The number of ether oxygens (including phenoxy) is 1. The first kappa shape index (κ1) is 16.5. The first-order valence-electron chi connectivity index (χ1n) is 7.69. The third kappa shape index (κ3) is 5.24. The molecule has 1 unspecified atom stereocenters. The maximum Gasteiger partial charge on any atom is 0.119 e. The molecule has 0 aromatic heterocycles. The number of hydrogen-bond donors (Lipinski definition) is 1. The van der Waals surface area contributed by atoms with Gasteiger partial charge >= 0.3 is 0 Å². The molecule has 0 saturated carbocycles. The van der Waals surface area contributed by atoms with E-state index in [1.54, 1.807) is 0 Å². The molecule has 20 heavy (non-hydrogen) atoms. The minimum atomic E-state index is 0.639. The van der Waals surface area contributed by atoms with Gasteiger partial charge in [0.2, 0.25) is 0 Å². The first-order valence-corrected chi connectivity index (χ1v) is 7.69. The van der Waals surface area contributed by atoms with Crippen LogP contribution < -0.4 is 4.74 Å².